The van der Waals surface area contributed by atoms with Gasteiger partial charge in [0.2, 0.25) is 10.0 Å². The van der Waals surface area contributed by atoms with E-state index in [4.69, 9.17) is 4.52 Å². The van der Waals surface area contributed by atoms with Crippen LogP contribution in [0.2, 0.25) is 0 Å². The van der Waals surface area contributed by atoms with Crippen LogP contribution in [0.15, 0.2) is 10.6 Å². The van der Waals surface area contributed by atoms with Gasteiger partial charge in [-0.2, -0.15) is 4.31 Å². The highest BCUT2D eigenvalue weighted by Crippen LogP contribution is 2.37. The van der Waals surface area contributed by atoms with Gasteiger partial charge in [0.25, 0.3) is 5.91 Å². The molecular formula is C13H19N3O4S. The van der Waals surface area contributed by atoms with Crippen molar-refractivity contribution in [2.45, 2.75) is 50.7 Å². The van der Waals surface area contributed by atoms with Crippen LogP contribution >= 0.6 is 0 Å². The summed E-state index contributed by atoms with van der Waals surface area (Å²) in [5.74, 6) is 0.330. The van der Waals surface area contributed by atoms with E-state index >= 15 is 0 Å². The number of carbonyl (C=O) groups excluding carboxylic acids is 1. The van der Waals surface area contributed by atoms with E-state index in [2.05, 4.69) is 10.5 Å². The summed E-state index contributed by atoms with van der Waals surface area (Å²) in [6, 6.07) is 1.59. The number of rotatable bonds is 3. The first-order valence-electron chi connectivity index (χ1n) is 7.07. The first kappa shape index (κ1) is 14.5. The second-order valence-corrected chi connectivity index (χ2v) is 7.83. The van der Waals surface area contributed by atoms with Crippen molar-refractivity contribution in [3.05, 3.63) is 17.5 Å². The molecular weight excluding hydrogens is 294 g/mol. The van der Waals surface area contributed by atoms with Gasteiger partial charge in [0.05, 0.1) is 6.26 Å². The maximum absolute atomic E-state index is 12.1. The van der Waals surface area contributed by atoms with Crippen molar-refractivity contribution in [3.8, 4) is 0 Å². The zero-order chi connectivity index (χ0) is 15.2. The molecule has 2 bridgehead atoms. The maximum atomic E-state index is 12.1. The Morgan fingerprint density at radius 1 is 1.38 bits per heavy atom. The third kappa shape index (κ3) is 2.82. The number of aromatic nitrogens is 1. The Balaban J connectivity index is 1.67. The zero-order valence-electron chi connectivity index (χ0n) is 12.1. The molecule has 8 heteroatoms. The van der Waals surface area contributed by atoms with E-state index in [-0.39, 0.29) is 29.7 Å². The van der Waals surface area contributed by atoms with Gasteiger partial charge >= 0.3 is 0 Å². The standard InChI is InChI=1S/C13H19N3O4S/c1-8-5-12(15-20-8)13(17)14-9-6-10-3-4-11(7-9)16(10)21(2,18)19/h5,9-11H,3-4,6-7H2,1-2H3,(H,14,17). The molecule has 2 unspecified atom stereocenters. The number of hydrogen-bond donors (Lipinski definition) is 1. The summed E-state index contributed by atoms with van der Waals surface area (Å²) in [4.78, 5) is 12.1. The molecule has 2 aliphatic heterocycles. The minimum absolute atomic E-state index is 0.00287. The van der Waals surface area contributed by atoms with Crippen LogP contribution in [0.25, 0.3) is 0 Å². The fraction of sp³-hybridized carbons (Fsp3) is 0.692. The lowest BCUT2D eigenvalue weighted by atomic mass is 9.99. The Bertz CT molecular complexity index is 640. The van der Waals surface area contributed by atoms with E-state index in [1.54, 1.807) is 17.3 Å². The molecule has 0 saturated carbocycles. The van der Waals surface area contributed by atoms with Gasteiger partial charge in [-0.3, -0.25) is 4.79 Å². The molecule has 0 radical (unpaired) electrons. The van der Waals surface area contributed by atoms with Crippen LogP contribution in [-0.2, 0) is 10.0 Å². The maximum Gasteiger partial charge on any atom is 0.273 e. The Morgan fingerprint density at radius 3 is 2.48 bits per heavy atom. The highest BCUT2D eigenvalue weighted by Gasteiger charge is 2.45. The second-order valence-electron chi connectivity index (χ2n) is 5.94. The number of carbonyl (C=O) groups is 1. The summed E-state index contributed by atoms with van der Waals surface area (Å²) >= 11 is 0. The van der Waals surface area contributed by atoms with Crippen LogP contribution in [0, 0.1) is 6.92 Å². The number of sulfonamides is 1. The lowest BCUT2D eigenvalue weighted by molar-refractivity contribution is 0.0900. The summed E-state index contributed by atoms with van der Waals surface area (Å²) in [5.41, 5.74) is 0.269. The predicted octanol–water partition coefficient (Wildman–Crippen LogP) is 0.668. The first-order chi connectivity index (χ1) is 9.84. The number of nitrogens with one attached hydrogen (secondary N) is 1. The summed E-state index contributed by atoms with van der Waals surface area (Å²) in [7, 11) is -3.17. The van der Waals surface area contributed by atoms with Crippen molar-refractivity contribution >= 4 is 15.9 Å². The lowest BCUT2D eigenvalue weighted by Crippen LogP contribution is -2.52. The number of aryl methyl sites for hydroxylation is 1. The lowest BCUT2D eigenvalue weighted by Gasteiger charge is -2.37. The van der Waals surface area contributed by atoms with Gasteiger partial charge in [-0.1, -0.05) is 5.16 Å². The molecule has 1 amide bonds. The van der Waals surface area contributed by atoms with Crippen LogP contribution in [0.5, 0.6) is 0 Å². The minimum atomic E-state index is -3.17. The number of hydrogen-bond acceptors (Lipinski definition) is 5. The number of nitrogens with zero attached hydrogens (tertiary/aromatic N) is 2. The molecule has 3 heterocycles. The van der Waals surface area contributed by atoms with Gasteiger partial charge in [0, 0.05) is 24.2 Å². The Labute approximate surface area is 123 Å². The SMILES string of the molecule is Cc1cc(C(=O)NC2CC3CCC(C2)N3S(C)(=O)=O)no1. The van der Waals surface area contributed by atoms with Crippen LogP contribution in [0.4, 0.5) is 0 Å². The fourth-order valence-electron chi connectivity index (χ4n) is 3.53. The molecule has 2 saturated heterocycles. The highest BCUT2D eigenvalue weighted by molar-refractivity contribution is 7.88. The van der Waals surface area contributed by atoms with Crippen LogP contribution in [0.1, 0.15) is 41.9 Å². The molecule has 7 nitrogen and oxygen atoms in total. The van der Waals surface area contributed by atoms with E-state index < -0.39 is 10.0 Å². The third-order valence-corrected chi connectivity index (χ3v) is 5.61. The third-order valence-electron chi connectivity index (χ3n) is 4.24. The number of amides is 1. The summed E-state index contributed by atoms with van der Waals surface area (Å²) in [6.45, 7) is 1.73. The Morgan fingerprint density at radius 2 is 2.00 bits per heavy atom. The normalized spacial score (nSPS) is 29.5. The van der Waals surface area contributed by atoms with Gasteiger partial charge in [-0.05, 0) is 32.6 Å². The van der Waals surface area contributed by atoms with Crippen molar-refractivity contribution in [1.29, 1.82) is 0 Å². The molecule has 116 valence electrons. The number of piperidine rings is 1. The quantitative estimate of drug-likeness (QED) is 0.885. The summed E-state index contributed by atoms with van der Waals surface area (Å²) in [5, 5.41) is 6.63. The van der Waals surface area contributed by atoms with Crippen molar-refractivity contribution in [2.75, 3.05) is 6.26 Å². The fourth-order valence-corrected chi connectivity index (χ4v) is 4.99. The molecule has 0 aliphatic carbocycles. The van der Waals surface area contributed by atoms with Crippen LogP contribution in [-0.4, -0.2) is 48.2 Å². The van der Waals surface area contributed by atoms with Gasteiger partial charge in [0.15, 0.2) is 5.69 Å². The Hall–Kier alpha value is -1.41. The molecule has 21 heavy (non-hydrogen) atoms. The summed E-state index contributed by atoms with van der Waals surface area (Å²) < 4.78 is 30.1. The molecule has 1 N–H and O–H groups in total. The molecule has 1 aromatic heterocycles. The molecule has 2 atom stereocenters. The molecule has 3 rings (SSSR count). The molecule has 0 spiro atoms. The van der Waals surface area contributed by atoms with Gasteiger partial charge in [-0.25, -0.2) is 8.42 Å². The Kier molecular flexibility index (Phi) is 3.53. The van der Waals surface area contributed by atoms with Crippen molar-refractivity contribution < 1.29 is 17.7 Å². The van der Waals surface area contributed by atoms with E-state index in [1.807, 2.05) is 0 Å². The van der Waals surface area contributed by atoms with Crippen molar-refractivity contribution in [2.24, 2.45) is 0 Å². The average Bonchev–Trinajstić information content (AvgIpc) is 2.92. The first-order valence-corrected chi connectivity index (χ1v) is 8.92. The van der Waals surface area contributed by atoms with Gasteiger partial charge in [0.1, 0.15) is 5.76 Å². The van der Waals surface area contributed by atoms with Crippen LogP contribution in [0.3, 0.4) is 0 Å². The monoisotopic (exact) mass is 313 g/mol. The van der Waals surface area contributed by atoms with E-state index in [9.17, 15) is 13.2 Å². The highest BCUT2D eigenvalue weighted by atomic mass is 32.2. The van der Waals surface area contributed by atoms with E-state index in [0.717, 1.165) is 12.8 Å². The molecule has 2 aliphatic rings. The average molecular weight is 313 g/mol. The van der Waals surface area contributed by atoms with Gasteiger partial charge < -0.3 is 9.84 Å². The molecule has 0 aromatic carbocycles. The van der Waals surface area contributed by atoms with Crippen molar-refractivity contribution in [3.63, 3.8) is 0 Å². The zero-order valence-corrected chi connectivity index (χ0v) is 12.9. The smallest absolute Gasteiger partial charge is 0.273 e. The van der Waals surface area contributed by atoms with Crippen LogP contribution < -0.4 is 5.32 Å². The predicted molar refractivity (Wildman–Crippen MR) is 75.2 cm³/mol. The summed E-state index contributed by atoms with van der Waals surface area (Å²) in [6.07, 6.45) is 4.31. The van der Waals surface area contributed by atoms with E-state index in [0.29, 0.717) is 18.6 Å². The van der Waals surface area contributed by atoms with Gasteiger partial charge in [-0.15, -0.1) is 0 Å². The topological polar surface area (TPSA) is 92.5 Å². The largest absolute Gasteiger partial charge is 0.361 e. The second kappa shape index (κ2) is 5.10. The van der Waals surface area contributed by atoms with Crippen molar-refractivity contribution in [1.82, 2.24) is 14.8 Å². The van der Waals surface area contributed by atoms with E-state index in [1.165, 1.54) is 6.26 Å². The number of fused-ring (bicyclic) bond motifs is 2. The molecule has 1 aromatic rings. The minimum Gasteiger partial charge on any atom is -0.361 e. The molecule has 2 fully saturated rings.